The fraction of sp³-hybridized carbons (Fsp3) is 0.650. The van der Waals surface area contributed by atoms with Crippen LogP contribution in [0, 0.1) is 5.82 Å². The molecule has 26 heavy (non-hydrogen) atoms. The number of thiocarbonyl (C=S) groups is 1. The van der Waals surface area contributed by atoms with Crippen molar-refractivity contribution in [2.75, 3.05) is 25.5 Å². The smallest absolute Gasteiger partial charge is 0.173 e. The number of benzene rings is 1. The number of hydrogen-bond acceptors (Lipinski definition) is 2. The third-order valence-electron chi connectivity index (χ3n) is 5.90. The largest absolute Gasteiger partial charge is 0.349 e. The number of rotatable bonds is 3. The molecule has 144 valence electrons. The fourth-order valence-corrected chi connectivity index (χ4v) is 4.70. The van der Waals surface area contributed by atoms with Gasteiger partial charge in [-0.25, -0.2) is 4.39 Å². The molecule has 1 aromatic rings. The summed E-state index contributed by atoms with van der Waals surface area (Å²) in [5.41, 5.74) is 0.735. The SMILES string of the molecule is CN(C1CCCCCC1)C1CCN(C(=S)Nc2ccc(F)c(Cl)c2)CC1. The highest BCUT2D eigenvalue weighted by Crippen LogP contribution is 2.26. The van der Waals surface area contributed by atoms with Crippen LogP contribution in [0.5, 0.6) is 0 Å². The maximum Gasteiger partial charge on any atom is 0.173 e. The van der Waals surface area contributed by atoms with Crippen LogP contribution in [-0.4, -0.2) is 47.1 Å². The summed E-state index contributed by atoms with van der Waals surface area (Å²) in [7, 11) is 2.31. The average molecular weight is 398 g/mol. The molecule has 2 aliphatic rings. The molecule has 3 rings (SSSR count). The van der Waals surface area contributed by atoms with Crippen LogP contribution in [-0.2, 0) is 0 Å². The molecule has 2 fully saturated rings. The normalized spacial score (nSPS) is 20.2. The van der Waals surface area contributed by atoms with Crippen molar-refractivity contribution in [2.24, 2.45) is 0 Å². The van der Waals surface area contributed by atoms with Crippen LogP contribution in [0.25, 0.3) is 0 Å². The minimum atomic E-state index is -0.412. The number of nitrogens with zero attached hydrogens (tertiary/aromatic N) is 2. The van der Waals surface area contributed by atoms with E-state index in [4.69, 9.17) is 23.8 Å². The molecule has 1 N–H and O–H groups in total. The predicted molar refractivity (Wildman–Crippen MR) is 111 cm³/mol. The topological polar surface area (TPSA) is 18.5 Å². The number of hydrogen-bond donors (Lipinski definition) is 1. The van der Waals surface area contributed by atoms with Gasteiger partial charge in [-0.05, 0) is 63.1 Å². The summed E-state index contributed by atoms with van der Waals surface area (Å²) < 4.78 is 13.3. The molecular formula is C20H29ClFN3S. The summed E-state index contributed by atoms with van der Waals surface area (Å²) in [5.74, 6) is -0.412. The lowest BCUT2D eigenvalue weighted by Gasteiger charge is -2.41. The number of halogens is 2. The van der Waals surface area contributed by atoms with E-state index >= 15 is 0 Å². The molecule has 1 saturated carbocycles. The highest BCUT2D eigenvalue weighted by atomic mass is 35.5. The quantitative estimate of drug-likeness (QED) is 0.551. The maximum atomic E-state index is 13.3. The van der Waals surface area contributed by atoms with Crippen LogP contribution in [0.1, 0.15) is 51.4 Å². The molecule has 0 aromatic heterocycles. The zero-order valence-electron chi connectivity index (χ0n) is 15.5. The number of likely N-dealkylation sites (tertiary alicyclic amines) is 1. The van der Waals surface area contributed by atoms with E-state index in [-0.39, 0.29) is 5.02 Å². The Morgan fingerprint density at radius 2 is 1.73 bits per heavy atom. The first-order chi connectivity index (χ1) is 12.5. The van der Waals surface area contributed by atoms with Crippen molar-refractivity contribution in [3.63, 3.8) is 0 Å². The Labute approximate surface area is 166 Å². The maximum absolute atomic E-state index is 13.3. The lowest BCUT2D eigenvalue weighted by atomic mass is 9.99. The molecule has 1 aliphatic heterocycles. The van der Waals surface area contributed by atoms with Crippen LogP contribution in [0.2, 0.25) is 5.02 Å². The third kappa shape index (κ3) is 5.08. The fourth-order valence-electron chi connectivity index (χ4n) is 4.22. The second-order valence-electron chi connectivity index (χ2n) is 7.59. The zero-order valence-corrected chi connectivity index (χ0v) is 17.1. The predicted octanol–water partition coefficient (Wildman–Crippen LogP) is 5.29. The third-order valence-corrected chi connectivity index (χ3v) is 6.55. The summed E-state index contributed by atoms with van der Waals surface area (Å²) in [6.07, 6.45) is 10.5. The van der Waals surface area contributed by atoms with Crippen molar-refractivity contribution >= 4 is 34.6 Å². The standard InChI is InChI=1S/C20H29ClFN3S/c1-24(16-6-4-2-3-5-7-16)17-10-12-25(13-11-17)20(26)23-15-8-9-19(22)18(21)14-15/h8-9,14,16-17H,2-7,10-13H2,1H3,(H,23,26). The summed E-state index contributed by atoms with van der Waals surface area (Å²) in [5, 5.41) is 4.00. The minimum Gasteiger partial charge on any atom is -0.349 e. The van der Waals surface area contributed by atoms with Crippen molar-refractivity contribution in [1.29, 1.82) is 0 Å². The first-order valence-corrected chi connectivity index (χ1v) is 10.6. The van der Waals surface area contributed by atoms with Gasteiger partial charge in [0.1, 0.15) is 5.82 Å². The van der Waals surface area contributed by atoms with E-state index in [1.165, 1.54) is 44.6 Å². The molecule has 0 unspecified atom stereocenters. The number of anilines is 1. The Balaban J connectivity index is 1.49. The second kappa shape index (κ2) is 9.34. The first kappa shape index (κ1) is 19.8. The summed E-state index contributed by atoms with van der Waals surface area (Å²) in [6, 6.07) is 6.01. The van der Waals surface area contributed by atoms with Gasteiger partial charge in [-0.2, -0.15) is 0 Å². The van der Waals surface area contributed by atoms with Crippen LogP contribution >= 0.6 is 23.8 Å². The van der Waals surface area contributed by atoms with E-state index in [1.807, 2.05) is 0 Å². The Kier molecular flexibility index (Phi) is 7.12. The Bertz CT molecular complexity index is 611. The van der Waals surface area contributed by atoms with Crippen molar-refractivity contribution in [3.05, 3.63) is 29.0 Å². The zero-order chi connectivity index (χ0) is 18.5. The van der Waals surface area contributed by atoms with Gasteiger partial charge >= 0.3 is 0 Å². The van der Waals surface area contributed by atoms with Gasteiger partial charge in [0.05, 0.1) is 5.02 Å². The average Bonchev–Trinajstić information content (AvgIpc) is 2.94. The van der Waals surface area contributed by atoms with E-state index in [0.717, 1.165) is 37.7 Å². The lowest BCUT2D eigenvalue weighted by Crippen LogP contribution is -2.49. The van der Waals surface area contributed by atoms with Crippen LogP contribution < -0.4 is 5.32 Å². The van der Waals surface area contributed by atoms with Gasteiger partial charge in [0.15, 0.2) is 5.11 Å². The molecule has 1 saturated heterocycles. The molecule has 3 nitrogen and oxygen atoms in total. The van der Waals surface area contributed by atoms with E-state index in [2.05, 4.69) is 22.2 Å². The van der Waals surface area contributed by atoms with E-state index in [1.54, 1.807) is 12.1 Å². The van der Waals surface area contributed by atoms with Crippen molar-refractivity contribution in [1.82, 2.24) is 9.80 Å². The van der Waals surface area contributed by atoms with Gasteiger partial charge < -0.3 is 15.1 Å². The minimum absolute atomic E-state index is 0.113. The molecule has 0 radical (unpaired) electrons. The van der Waals surface area contributed by atoms with Gasteiger partial charge in [-0.1, -0.05) is 37.3 Å². The molecule has 0 atom stereocenters. The Morgan fingerprint density at radius 1 is 1.12 bits per heavy atom. The van der Waals surface area contributed by atoms with E-state index < -0.39 is 5.82 Å². The highest BCUT2D eigenvalue weighted by molar-refractivity contribution is 7.80. The molecular weight excluding hydrogens is 369 g/mol. The molecule has 0 spiro atoms. The Hall–Kier alpha value is -0.910. The first-order valence-electron chi connectivity index (χ1n) is 9.77. The molecule has 6 heteroatoms. The summed E-state index contributed by atoms with van der Waals surface area (Å²) >= 11 is 11.4. The van der Waals surface area contributed by atoms with Gasteiger partial charge in [-0.3, -0.25) is 0 Å². The van der Waals surface area contributed by atoms with E-state index in [0.29, 0.717) is 11.2 Å². The van der Waals surface area contributed by atoms with Gasteiger partial charge in [0.25, 0.3) is 0 Å². The molecule has 1 aromatic carbocycles. The summed E-state index contributed by atoms with van der Waals surface area (Å²) in [6.45, 7) is 1.92. The van der Waals surface area contributed by atoms with Gasteiger partial charge in [0.2, 0.25) is 0 Å². The monoisotopic (exact) mass is 397 g/mol. The number of nitrogens with one attached hydrogen (secondary N) is 1. The molecule has 0 bridgehead atoms. The molecule has 1 aliphatic carbocycles. The van der Waals surface area contributed by atoms with Crippen molar-refractivity contribution in [3.8, 4) is 0 Å². The van der Waals surface area contributed by atoms with E-state index in [9.17, 15) is 4.39 Å². The van der Waals surface area contributed by atoms with Crippen molar-refractivity contribution in [2.45, 2.75) is 63.5 Å². The highest BCUT2D eigenvalue weighted by Gasteiger charge is 2.28. The van der Waals surface area contributed by atoms with Crippen molar-refractivity contribution < 1.29 is 4.39 Å². The van der Waals surface area contributed by atoms with Gasteiger partial charge in [-0.15, -0.1) is 0 Å². The molecule has 1 heterocycles. The van der Waals surface area contributed by atoms with Gasteiger partial charge in [0, 0.05) is 30.9 Å². The lowest BCUT2D eigenvalue weighted by molar-refractivity contribution is 0.111. The van der Waals surface area contributed by atoms with Crippen LogP contribution in [0.3, 0.4) is 0 Å². The Morgan fingerprint density at radius 3 is 2.35 bits per heavy atom. The van der Waals surface area contributed by atoms with Crippen LogP contribution in [0.15, 0.2) is 18.2 Å². The summed E-state index contributed by atoms with van der Waals surface area (Å²) in [4.78, 5) is 4.85. The second-order valence-corrected chi connectivity index (χ2v) is 8.38. The van der Waals surface area contributed by atoms with Crippen LogP contribution in [0.4, 0.5) is 10.1 Å². The number of piperidine rings is 1. The molecule has 0 amide bonds.